The molecule has 0 spiro atoms. The van der Waals surface area contributed by atoms with Gasteiger partial charge >= 0.3 is 6.18 Å². The van der Waals surface area contributed by atoms with Crippen LogP contribution in [-0.2, 0) is 6.42 Å². The van der Waals surface area contributed by atoms with E-state index in [2.05, 4.69) is 12.6 Å². The normalized spacial score (nSPS) is 11.8. The van der Waals surface area contributed by atoms with Crippen LogP contribution in [0.4, 0.5) is 18.9 Å². The van der Waals surface area contributed by atoms with Gasteiger partial charge in [-0.2, -0.15) is 13.2 Å². The fourth-order valence-electron chi connectivity index (χ4n) is 2.33. The SMILES string of the molecule is Nc1ccc(S)c(CCCCCCCCCC(F)(F)F)c1. The molecule has 120 valence electrons. The van der Waals surface area contributed by atoms with Crippen LogP contribution in [0.25, 0.3) is 0 Å². The molecule has 0 saturated heterocycles. The second-order valence-electron chi connectivity index (χ2n) is 5.48. The Morgan fingerprint density at radius 3 is 2.10 bits per heavy atom. The highest BCUT2D eigenvalue weighted by Gasteiger charge is 2.25. The van der Waals surface area contributed by atoms with Crippen LogP contribution < -0.4 is 5.73 Å². The molecule has 0 aliphatic carbocycles. The summed E-state index contributed by atoms with van der Waals surface area (Å²) in [6, 6.07) is 5.71. The van der Waals surface area contributed by atoms with Crippen molar-refractivity contribution in [3.05, 3.63) is 23.8 Å². The Morgan fingerprint density at radius 2 is 1.48 bits per heavy atom. The summed E-state index contributed by atoms with van der Waals surface area (Å²) < 4.78 is 35.8. The number of nitrogen functional groups attached to an aromatic ring is 1. The van der Waals surface area contributed by atoms with Crippen molar-refractivity contribution in [3.63, 3.8) is 0 Å². The van der Waals surface area contributed by atoms with Crippen molar-refractivity contribution in [2.24, 2.45) is 0 Å². The standard InChI is InChI=1S/C16H24F3NS/c17-16(18,19)11-7-5-3-1-2-4-6-8-13-12-14(20)9-10-15(13)21/h9-10,12,21H,1-8,11,20H2. The fourth-order valence-corrected chi connectivity index (χ4v) is 2.58. The van der Waals surface area contributed by atoms with E-state index in [1.807, 2.05) is 18.2 Å². The summed E-state index contributed by atoms with van der Waals surface area (Å²) in [4.78, 5) is 0.969. The lowest BCUT2D eigenvalue weighted by atomic mass is 10.0. The third-order valence-corrected chi connectivity index (χ3v) is 3.95. The molecule has 0 aromatic heterocycles. The number of alkyl halides is 3. The predicted molar refractivity (Wildman–Crippen MR) is 84.8 cm³/mol. The van der Waals surface area contributed by atoms with E-state index in [1.54, 1.807) is 0 Å². The Kier molecular flexibility index (Phi) is 8.01. The Morgan fingerprint density at radius 1 is 0.905 bits per heavy atom. The first-order valence-electron chi connectivity index (χ1n) is 7.52. The van der Waals surface area contributed by atoms with Crippen molar-refractivity contribution < 1.29 is 13.2 Å². The minimum Gasteiger partial charge on any atom is -0.399 e. The number of hydrogen-bond acceptors (Lipinski definition) is 2. The van der Waals surface area contributed by atoms with Gasteiger partial charge in [-0.05, 0) is 43.0 Å². The molecule has 0 unspecified atom stereocenters. The number of halogens is 3. The van der Waals surface area contributed by atoms with Crippen LogP contribution >= 0.6 is 12.6 Å². The van der Waals surface area contributed by atoms with Gasteiger partial charge in [0.2, 0.25) is 0 Å². The van der Waals surface area contributed by atoms with E-state index in [-0.39, 0.29) is 6.42 Å². The average molecular weight is 319 g/mol. The molecule has 1 aromatic rings. The van der Waals surface area contributed by atoms with E-state index >= 15 is 0 Å². The van der Waals surface area contributed by atoms with E-state index in [0.717, 1.165) is 49.1 Å². The van der Waals surface area contributed by atoms with Crippen LogP contribution in [0.1, 0.15) is 56.9 Å². The van der Waals surface area contributed by atoms with Crippen LogP contribution in [0, 0.1) is 0 Å². The van der Waals surface area contributed by atoms with E-state index in [1.165, 1.54) is 5.56 Å². The maximum Gasteiger partial charge on any atom is 0.389 e. The number of unbranched alkanes of at least 4 members (excludes halogenated alkanes) is 6. The summed E-state index contributed by atoms with van der Waals surface area (Å²) in [5.41, 5.74) is 7.67. The maximum atomic E-state index is 11.9. The third-order valence-electron chi connectivity index (χ3n) is 3.51. The third kappa shape index (κ3) is 8.91. The summed E-state index contributed by atoms with van der Waals surface area (Å²) in [6.07, 6.45) is 2.41. The van der Waals surface area contributed by atoms with E-state index in [9.17, 15) is 13.2 Å². The number of aryl methyl sites for hydroxylation is 1. The number of nitrogens with two attached hydrogens (primary N) is 1. The van der Waals surface area contributed by atoms with Gasteiger partial charge in [0.15, 0.2) is 0 Å². The van der Waals surface area contributed by atoms with E-state index in [0.29, 0.717) is 6.42 Å². The van der Waals surface area contributed by atoms with Gasteiger partial charge in [-0.15, -0.1) is 12.6 Å². The quantitative estimate of drug-likeness (QED) is 0.336. The Labute approximate surface area is 130 Å². The van der Waals surface area contributed by atoms with Gasteiger partial charge in [0.05, 0.1) is 0 Å². The molecule has 2 N–H and O–H groups in total. The summed E-state index contributed by atoms with van der Waals surface area (Å²) in [5, 5.41) is 0. The molecule has 0 atom stereocenters. The Bertz CT molecular complexity index is 418. The van der Waals surface area contributed by atoms with Crippen molar-refractivity contribution >= 4 is 18.3 Å². The highest BCUT2D eigenvalue weighted by Crippen LogP contribution is 2.23. The summed E-state index contributed by atoms with van der Waals surface area (Å²) in [5.74, 6) is 0. The van der Waals surface area contributed by atoms with E-state index in [4.69, 9.17) is 5.73 Å². The Hall–Kier alpha value is -0.840. The molecule has 1 nitrogen and oxygen atoms in total. The first-order chi connectivity index (χ1) is 9.88. The average Bonchev–Trinajstić information content (AvgIpc) is 2.39. The molecule has 21 heavy (non-hydrogen) atoms. The second-order valence-corrected chi connectivity index (χ2v) is 5.96. The number of thiol groups is 1. The molecule has 0 heterocycles. The van der Waals surface area contributed by atoms with Gasteiger partial charge in [0.25, 0.3) is 0 Å². The number of anilines is 1. The lowest BCUT2D eigenvalue weighted by Crippen LogP contribution is -2.06. The molecule has 0 aliphatic heterocycles. The molecule has 0 bridgehead atoms. The molecule has 1 aromatic carbocycles. The molecule has 0 fully saturated rings. The molecule has 0 amide bonds. The predicted octanol–water partition coefficient (Wildman–Crippen LogP) is 5.78. The van der Waals surface area contributed by atoms with Gasteiger partial charge in [0.1, 0.15) is 0 Å². The molecule has 5 heteroatoms. The molecule has 1 rings (SSSR count). The van der Waals surface area contributed by atoms with Crippen LogP contribution in [0.5, 0.6) is 0 Å². The Balaban J connectivity index is 2.01. The van der Waals surface area contributed by atoms with Crippen LogP contribution in [0.2, 0.25) is 0 Å². The van der Waals surface area contributed by atoms with Crippen molar-refractivity contribution in [3.8, 4) is 0 Å². The lowest BCUT2D eigenvalue weighted by Gasteiger charge is -2.07. The van der Waals surface area contributed by atoms with Gasteiger partial charge in [-0.1, -0.05) is 32.1 Å². The van der Waals surface area contributed by atoms with Crippen LogP contribution in [-0.4, -0.2) is 6.18 Å². The number of rotatable bonds is 9. The summed E-state index contributed by atoms with van der Waals surface area (Å²) >= 11 is 4.40. The number of hydrogen-bond donors (Lipinski definition) is 2. The zero-order chi connectivity index (χ0) is 15.7. The second kappa shape index (κ2) is 9.23. The zero-order valence-corrected chi connectivity index (χ0v) is 13.1. The molecule has 0 saturated carbocycles. The highest BCUT2D eigenvalue weighted by atomic mass is 32.1. The molecular weight excluding hydrogens is 295 g/mol. The van der Waals surface area contributed by atoms with Gasteiger partial charge in [-0.25, -0.2) is 0 Å². The smallest absolute Gasteiger partial charge is 0.389 e. The zero-order valence-electron chi connectivity index (χ0n) is 12.3. The van der Waals surface area contributed by atoms with Gasteiger partial charge in [0, 0.05) is 17.0 Å². The largest absolute Gasteiger partial charge is 0.399 e. The summed E-state index contributed by atoms with van der Waals surface area (Å²) in [7, 11) is 0. The molecule has 0 radical (unpaired) electrons. The summed E-state index contributed by atoms with van der Waals surface area (Å²) in [6.45, 7) is 0. The molecular formula is C16H24F3NS. The van der Waals surface area contributed by atoms with Crippen LogP contribution in [0.15, 0.2) is 23.1 Å². The van der Waals surface area contributed by atoms with Crippen molar-refractivity contribution in [2.45, 2.75) is 68.9 Å². The van der Waals surface area contributed by atoms with Crippen LogP contribution in [0.3, 0.4) is 0 Å². The first-order valence-corrected chi connectivity index (χ1v) is 7.97. The lowest BCUT2D eigenvalue weighted by molar-refractivity contribution is -0.135. The monoisotopic (exact) mass is 319 g/mol. The number of benzene rings is 1. The van der Waals surface area contributed by atoms with Crippen molar-refractivity contribution in [1.29, 1.82) is 0 Å². The molecule has 0 aliphatic rings. The minimum atomic E-state index is -4.00. The van der Waals surface area contributed by atoms with Crippen molar-refractivity contribution in [1.82, 2.24) is 0 Å². The van der Waals surface area contributed by atoms with Gasteiger partial charge < -0.3 is 5.73 Å². The topological polar surface area (TPSA) is 26.0 Å². The van der Waals surface area contributed by atoms with E-state index < -0.39 is 12.6 Å². The maximum absolute atomic E-state index is 11.9. The highest BCUT2D eigenvalue weighted by molar-refractivity contribution is 7.80. The fraction of sp³-hybridized carbons (Fsp3) is 0.625. The minimum absolute atomic E-state index is 0.260. The first kappa shape index (κ1) is 18.2. The van der Waals surface area contributed by atoms with Gasteiger partial charge in [-0.3, -0.25) is 0 Å². The van der Waals surface area contributed by atoms with Crippen molar-refractivity contribution in [2.75, 3.05) is 5.73 Å².